The highest BCUT2D eigenvalue weighted by Crippen LogP contribution is 2.30. The molecule has 0 fully saturated rings. The molecule has 2 nitrogen and oxygen atoms in total. The van der Waals surface area contributed by atoms with Crippen LogP contribution in [0.2, 0.25) is 13.1 Å². The minimum Gasteiger partial charge on any atom is -0.283 e. The van der Waals surface area contributed by atoms with Gasteiger partial charge in [-0.1, -0.05) is 78.9 Å². The van der Waals surface area contributed by atoms with Crippen LogP contribution in [0.1, 0.15) is 17.5 Å². The van der Waals surface area contributed by atoms with Crippen molar-refractivity contribution in [1.82, 2.24) is 0 Å². The molecule has 0 aliphatic carbocycles. The number of benzene rings is 2. The van der Waals surface area contributed by atoms with E-state index in [-0.39, 0.29) is 11.3 Å². The summed E-state index contributed by atoms with van der Waals surface area (Å²) in [6.45, 7) is 4.54. The fraction of sp³-hybridized carbons (Fsp3) is 0.222. The number of carbonyl (C=O) groups excluding carboxylic acids is 1. The second-order valence-electron chi connectivity index (χ2n) is 5.79. The molecule has 0 aliphatic rings. The van der Waals surface area contributed by atoms with Crippen molar-refractivity contribution in [1.29, 1.82) is 5.26 Å². The Hall–Kier alpha value is -2.18. The minimum atomic E-state index is -1.90. The standard InChI is InChI=1S/C18H19NOSi/c1-21(2,17-11-7-4-8-12-17)18(13-16(20)14-19)15-9-5-3-6-10-15/h3-12,18H,13H2,1-2H3. The normalized spacial score (nSPS) is 12.4. The van der Waals surface area contributed by atoms with Gasteiger partial charge in [-0.05, 0) is 11.1 Å². The van der Waals surface area contributed by atoms with Gasteiger partial charge in [0.1, 0.15) is 6.07 Å². The lowest BCUT2D eigenvalue weighted by Crippen LogP contribution is -2.48. The SMILES string of the molecule is C[Si](C)(c1ccccc1)C(CC(=O)C#N)c1ccccc1. The fourth-order valence-electron chi connectivity index (χ4n) is 2.77. The molecule has 2 aromatic rings. The van der Waals surface area contributed by atoms with Crippen LogP contribution < -0.4 is 5.19 Å². The molecule has 0 heterocycles. The van der Waals surface area contributed by atoms with Gasteiger partial charge in [0, 0.05) is 6.42 Å². The number of Topliss-reactive ketones (excluding diaryl/α,β-unsaturated/α-hetero) is 1. The van der Waals surface area contributed by atoms with Gasteiger partial charge in [0.2, 0.25) is 5.78 Å². The number of nitrogens with zero attached hydrogens (tertiary/aromatic N) is 1. The monoisotopic (exact) mass is 293 g/mol. The topological polar surface area (TPSA) is 40.9 Å². The van der Waals surface area contributed by atoms with Crippen LogP contribution in [0.15, 0.2) is 60.7 Å². The van der Waals surface area contributed by atoms with Gasteiger partial charge in [-0.25, -0.2) is 0 Å². The van der Waals surface area contributed by atoms with E-state index in [9.17, 15) is 4.79 Å². The van der Waals surface area contributed by atoms with Crippen molar-refractivity contribution in [2.45, 2.75) is 25.1 Å². The Morgan fingerprint density at radius 3 is 2.10 bits per heavy atom. The first-order chi connectivity index (χ1) is 10.1. The highest BCUT2D eigenvalue weighted by atomic mass is 28.3. The van der Waals surface area contributed by atoms with Gasteiger partial charge >= 0.3 is 0 Å². The first-order valence-electron chi connectivity index (χ1n) is 7.09. The van der Waals surface area contributed by atoms with Gasteiger partial charge in [0.25, 0.3) is 0 Å². The zero-order valence-corrected chi connectivity index (χ0v) is 13.4. The number of nitriles is 1. The Bertz CT molecular complexity index is 644. The predicted molar refractivity (Wildman–Crippen MR) is 88.0 cm³/mol. The molecule has 0 saturated carbocycles. The Morgan fingerprint density at radius 1 is 1.05 bits per heavy atom. The maximum Gasteiger partial charge on any atom is 0.232 e. The summed E-state index contributed by atoms with van der Waals surface area (Å²) in [5.74, 6) is -0.333. The number of hydrogen-bond acceptors (Lipinski definition) is 2. The number of carbonyl (C=O) groups is 1. The molecule has 1 atom stereocenters. The molecule has 0 saturated heterocycles. The summed E-state index contributed by atoms with van der Waals surface area (Å²) in [6, 6.07) is 22.2. The summed E-state index contributed by atoms with van der Waals surface area (Å²) >= 11 is 0. The van der Waals surface area contributed by atoms with Crippen LogP contribution in [-0.2, 0) is 4.79 Å². The second-order valence-corrected chi connectivity index (χ2v) is 10.5. The molecule has 0 radical (unpaired) electrons. The minimum absolute atomic E-state index is 0.119. The van der Waals surface area contributed by atoms with Crippen molar-refractivity contribution in [3.63, 3.8) is 0 Å². The summed E-state index contributed by atoms with van der Waals surface area (Å²) in [4.78, 5) is 11.7. The molecule has 21 heavy (non-hydrogen) atoms. The zero-order chi connectivity index (χ0) is 15.3. The maximum atomic E-state index is 11.7. The average molecular weight is 293 g/mol. The third-order valence-corrected chi connectivity index (χ3v) is 8.21. The van der Waals surface area contributed by atoms with Crippen LogP contribution >= 0.6 is 0 Å². The van der Waals surface area contributed by atoms with Crippen molar-refractivity contribution in [2.24, 2.45) is 0 Å². The molecule has 0 bridgehead atoms. The predicted octanol–water partition coefficient (Wildman–Crippen LogP) is 3.41. The summed E-state index contributed by atoms with van der Waals surface area (Å²) in [5.41, 5.74) is 1.27. The molecule has 0 aromatic heterocycles. The lowest BCUT2D eigenvalue weighted by Gasteiger charge is -2.32. The van der Waals surface area contributed by atoms with Crippen molar-refractivity contribution in [3.05, 3.63) is 66.2 Å². The largest absolute Gasteiger partial charge is 0.283 e. The smallest absolute Gasteiger partial charge is 0.232 e. The number of ketones is 1. The molecule has 3 heteroatoms. The highest BCUT2D eigenvalue weighted by Gasteiger charge is 2.35. The van der Waals surface area contributed by atoms with E-state index < -0.39 is 8.07 Å². The van der Waals surface area contributed by atoms with Crippen LogP contribution in [0.3, 0.4) is 0 Å². The first kappa shape index (κ1) is 15.2. The highest BCUT2D eigenvalue weighted by molar-refractivity contribution is 6.91. The van der Waals surface area contributed by atoms with Crippen molar-refractivity contribution in [2.75, 3.05) is 0 Å². The van der Waals surface area contributed by atoms with E-state index in [2.05, 4.69) is 37.4 Å². The van der Waals surface area contributed by atoms with Gasteiger partial charge < -0.3 is 0 Å². The third-order valence-electron chi connectivity index (χ3n) is 4.11. The summed E-state index contributed by atoms with van der Waals surface area (Å²) in [6.07, 6.45) is 0.300. The van der Waals surface area contributed by atoms with Gasteiger partial charge in [0.15, 0.2) is 0 Å². The van der Waals surface area contributed by atoms with Gasteiger partial charge in [0.05, 0.1) is 8.07 Å². The molecule has 2 rings (SSSR count). The van der Waals surface area contributed by atoms with E-state index in [1.54, 1.807) is 6.07 Å². The first-order valence-corrected chi connectivity index (χ1v) is 10.2. The Kier molecular flexibility index (Phi) is 4.72. The molecule has 0 N–H and O–H groups in total. The van der Waals surface area contributed by atoms with Crippen LogP contribution in [0.4, 0.5) is 0 Å². The lowest BCUT2D eigenvalue weighted by atomic mass is 10.1. The van der Waals surface area contributed by atoms with Crippen LogP contribution in [-0.4, -0.2) is 13.9 Å². The van der Waals surface area contributed by atoms with Gasteiger partial charge in [-0.3, -0.25) is 4.79 Å². The summed E-state index contributed by atoms with van der Waals surface area (Å²) in [5, 5.41) is 10.2. The summed E-state index contributed by atoms with van der Waals surface area (Å²) < 4.78 is 0. The Balaban J connectivity index is 2.44. The fourth-order valence-corrected chi connectivity index (χ4v) is 5.95. The van der Waals surface area contributed by atoms with E-state index in [1.807, 2.05) is 36.4 Å². The van der Waals surface area contributed by atoms with E-state index in [1.165, 1.54) is 5.19 Å². The van der Waals surface area contributed by atoms with E-state index in [0.717, 1.165) is 5.56 Å². The van der Waals surface area contributed by atoms with Crippen LogP contribution in [0, 0.1) is 11.3 Å². The van der Waals surface area contributed by atoms with E-state index in [0.29, 0.717) is 6.42 Å². The Morgan fingerprint density at radius 2 is 1.57 bits per heavy atom. The van der Waals surface area contributed by atoms with E-state index >= 15 is 0 Å². The lowest BCUT2D eigenvalue weighted by molar-refractivity contribution is -0.114. The second kappa shape index (κ2) is 6.51. The van der Waals surface area contributed by atoms with Gasteiger partial charge in [-0.15, -0.1) is 0 Å². The number of hydrogen-bond donors (Lipinski definition) is 0. The van der Waals surface area contributed by atoms with Crippen molar-refractivity contribution in [3.8, 4) is 6.07 Å². The quantitative estimate of drug-likeness (QED) is 0.626. The summed E-state index contributed by atoms with van der Waals surface area (Å²) in [7, 11) is -1.90. The maximum absolute atomic E-state index is 11.7. The molecule has 0 aliphatic heterocycles. The molecular weight excluding hydrogens is 274 g/mol. The van der Waals surface area contributed by atoms with Crippen molar-refractivity contribution >= 4 is 19.0 Å². The van der Waals surface area contributed by atoms with Crippen LogP contribution in [0.25, 0.3) is 0 Å². The van der Waals surface area contributed by atoms with E-state index in [4.69, 9.17) is 5.26 Å². The molecule has 0 spiro atoms. The molecule has 106 valence electrons. The molecule has 0 amide bonds. The number of rotatable bonds is 5. The zero-order valence-electron chi connectivity index (χ0n) is 12.4. The third kappa shape index (κ3) is 3.47. The molecule has 1 unspecified atom stereocenters. The van der Waals surface area contributed by atoms with Crippen LogP contribution in [0.5, 0.6) is 0 Å². The van der Waals surface area contributed by atoms with Gasteiger partial charge in [-0.2, -0.15) is 5.26 Å². The Labute approximate surface area is 127 Å². The molecule has 2 aromatic carbocycles. The molecular formula is C18H19NOSi. The average Bonchev–Trinajstić information content (AvgIpc) is 2.53. The van der Waals surface area contributed by atoms with Crippen molar-refractivity contribution < 1.29 is 4.79 Å².